The first-order chi connectivity index (χ1) is 12.5. The molecule has 0 aromatic heterocycles. The second kappa shape index (κ2) is 7.56. The van der Waals surface area contributed by atoms with E-state index in [1.165, 1.54) is 6.07 Å². The second-order valence-corrected chi connectivity index (χ2v) is 6.39. The zero-order chi connectivity index (χ0) is 18.7. The molecule has 0 bridgehead atoms. The van der Waals surface area contributed by atoms with Gasteiger partial charge in [-0.15, -0.1) is 0 Å². The molecule has 0 saturated carbocycles. The lowest BCUT2D eigenvalue weighted by Gasteiger charge is -2.20. The van der Waals surface area contributed by atoms with Gasteiger partial charge in [0, 0.05) is 25.1 Å². The standard InChI is InChI=1S/C20H21FN2O3/c1-13-7-8-18(26-2)17(9-13)23-12-15(10-19(23)24)20(25)22-11-14-5-3-4-6-16(14)21/h3-9,15H,10-12H2,1-2H3,(H,22,25). The Morgan fingerprint density at radius 3 is 2.81 bits per heavy atom. The number of carbonyl (C=O) groups is 2. The van der Waals surface area contributed by atoms with E-state index >= 15 is 0 Å². The number of halogens is 1. The summed E-state index contributed by atoms with van der Waals surface area (Å²) in [7, 11) is 1.55. The summed E-state index contributed by atoms with van der Waals surface area (Å²) in [6.45, 7) is 2.31. The number of anilines is 1. The van der Waals surface area contributed by atoms with Crippen molar-refractivity contribution in [1.82, 2.24) is 5.32 Å². The lowest BCUT2D eigenvalue weighted by molar-refractivity contribution is -0.126. The molecule has 2 aromatic carbocycles. The predicted octanol–water partition coefficient (Wildman–Crippen LogP) is 2.81. The first-order valence-electron chi connectivity index (χ1n) is 8.45. The number of hydrogen-bond acceptors (Lipinski definition) is 3. The molecule has 5 nitrogen and oxygen atoms in total. The molecule has 6 heteroatoms. The van der Waals surface area contributed by atoms with Gasteiger partial charge in [-0.25, -0.2) is 4.39 Å². The fraction of sp³-hybridized carbons (Fsp3) is 0.300. The van der Waals surface area contributed by atoms with Crippen LogP contribution in [0, 0.1) is 18.7 Å². The molecular weight excluding hydrogens is 335 g/mol. The van der Waals surface area contributed by atoms with E-state index in [2.05, 4.69) is 5.32 Å². The molecule has 1 aliphatic heterocycles. The summed E-state index contributed by atoms with van der Waals surface area (Å²) in [4.78, 5) is 26.4. The van der Waals surface area contributed by atoms with Crippen molar-refractivity contribution in [1.29, 1.82) is 0 Å². The number of rotatable bonds is 5. The highest BCUT2D eigenvalue weighted by Crippen LogP contribution is 2.33. The molecule has 2 aromatic rings. The Morgan fingerprint density at radius 1 is 1.31 bits per heavy atom. The number of ether oxygens (including phenoxy) is 1. The van der Waals surface area contributed by atoms with E-state index in [9.17, 15) is 14.0 Å². The minimum Gasteiger partial charge on any atom is -0.495 e. The Balaban J connectivity index is 1.69. The molecule has 1 fully saturated rings. The van der Waals surface area contributed by atoms with E-state index in [4.69, 9.17) is 4.74 Å². The highest BCUT2D eigenvalue weighted by atomic mass is 19.1. The van der Waals surface area contributed by atoms with Gasteiger partial charge >= 0.3 is 0 Å². The smallest absolute Gasteiger partial charge is 0.227 e. The topological polar surface area (TPSA) is 58.6 Å². The SMILES string of the molecule is COc1ccc(C)cc1N1CC(C(=O)NCc2ccccc2F)CC1=O. The normalized spacial score (nSPS) is 16.7. The molecule has 0 radical (unpaired) electrons. The van der Waals surface area contributed by atoms with Crippen molar-refractivity contribution in [2.45, 2.75) is 19.9 Å². The summed E-state index contributed by atoms with van der Waals surface area (Å²) in [6, 6.07) is 11.9. The molecule has 0 spiro atoms. The Morgan fingerprint density at radius 2 is 2.08 bits per heavy atom. The number of hydrogen-bond donors (Lipinski definition) is 1. The summed E-state index contributed by atoms with van der Waals surface area (Å²) >= 11 is 0. The zero-order valence-electron chi connectivity index (χ0n) is 14.8. The van der Waals surface area contributed by atoms with Gasteiger partial charge in [-0.3, -0.25) is 9.59 Å². The number of benzene rings is 2. The third-order valence-corrected chi connectivity index (χ3v) is 4.53. The van der Waals surface area contributed by atoms with Gasteiger partial charge < -0.3 is 15.0 Å². The van der Waals surface area contributed by atoms with Crippen molar-refractivity contribution in [3.8, 4) is 5.75 Å². The highest BCUT2D eigenvalue weighted by molar-refractivity contribution is 6.01. The van der Waals surface area contributed by atoms with Gasteiger partial charge in [0.1, 0.15) is 11.6 Å². The van der Waals surface area contributed by atoms with Gasteiger partial charge in [0.2, 0.25) is 11.8 Å². The Hall–Kier alpha value is -2.89. The maximum Gasteiger partial charge on any atom is 0.227 e. The van der Waals surface area contributed by atoms with Crippen molar-refractivity contribution in [3.63, 3.8) is 0 Å². The van der Waals surface area contributed by atoms with Crippen molar-refractivity contribution < 1.29 is 18.7 Å². The van der Waals surface area contributed by atoms with Crippen molar-refractivity contribution in [2.75, 3.05) is 18.6 Å². The van der Waals surface area contributed by atoms with E-state index in [0.29, 0.717) is 17.0 Å². The average molecular weight is 356 g/mol. The lowest BCUT2D eigenvalue weighted by atomic mass is 10.1. The van der Waals surface area contributed by atoms with Gasteiger partial charge in [-0.05, 0) is 30.7 Å². The van der Waals surface area contributed by atoms with Crippen LogP contribution in [0.15, 0.2) is 42.5 Å². The number of aryl methyl sites for hydroxylation is 1. The van der Waals surface area contributed by atoms with E-state index in [-0.39, 0.29) is 37.1 Å². The maximum atomic E-state index is 13.7. The molecule has 2 amide bonds. The van der Waals surface area contributed by atoms with Gasteiger partial charge in [0.05, 0.1) is 18.7 Å². The molecule has 0 aliphatic carbocycles. The van der Waals surface area contributed by atoms with Crippen LogP contribution in [0.1, 0.15) is 17.5 Å². The number of nitrogens with zero attached hydrogens (tertiary/aromatic N) is 1. The van der Waals surface area contributed by atoms with Crippen LogP contribution < -0.4 is 15.0 Å². The summed E-state index contributed by atoms with van der Waals surface area (Å²) in [5.74, 6) is -0.618. The first-order valence-corrected chi connectivity index (χ1v) is 8.45. The predicted molar refractivity (Wildman–Crippen MR) is 96.4 cm³/mol. The third kappa shape index (κ3) is 3.69. The number of amides is 2. The van der Waals surface area contributed by atoms with Crippen LogP contribution in [0.25, 0.3) is 0 Å². The Labute approximate surface area is 151 Å². The van der Waals surface area contributed by atoms with Crippen LogP contribution in [0.4, 0.5) is 10.1 Å². The summed E-state index contributed by atoms with van der Waals surface area (Å²) < 4.78 is 19.0. The molecule has 1 aliphatic rings. The Bertz CT molecular complexity index is 838. The molecule has 3 rings (SSSR count). The van der Waals surface area contributed by atoms with Crippen LogP contribution >= 0.6 is 0 Å². The summed E-state index contributed by atoms with van der Waals surface area (Å²) in [5, 5.41) is 2.73. The van der Waals surface area contributed by atoms with Crippen LogP contribution in [-0.4, -0.2) is 25.5 Å². The van der Waals surface area contributed by atoms with Crippen LogP contribution in [-0.2, 0) is 16.1 Å². The van der Waals surface area contributed by atoms with E-state index < -0.39 is 5.92 Å². The van der Waals surface area contributed by atoms with Gasteiger partial charge in [0.25, 0.3) is 0 Å². The van der Waals surface area contributed by atoms with E-state index in [0.717, 1.165) is 5.56 Å². The van der Waals surface area contributed by atoms with Crippen molar-refractivity contribution >= 4 is 17.5 Å². The van der Waals surface area contributed by atoms with Crippen LogP contribution in [0.5, 0.6) is 5.75 Å². The number of nitrogens with one attached hydrogen (secondary N) is 1. The monoisotopic (exact) mass is 356 g/mol. The minimum absolute atomic E-state index is 0.101. The van der Waals surface area contributed by atoms with Crippen LogP contribution in [0.3, 0.4) is 0 Å². The van der Waals surface area contributed by atoms with Crippen LogP contribution in [0.2, 0.25) is 0 Å². The molecule has 1 unspecified atom stereocenters. The quantitative estimate of drug-likeness (QED) is 0.896. The lowest BCUT2D eigenvalue weighted by Crippen LogP contribution is -2.33. The largest absolute Gasteiger partial charge is 0.495 e. The molecule has 136 valence electrons. The molecule has 1 saturated heterocycles. The Kier molecular flexibility index (Phi) is 5.21. The van der Waals surface area contributed by atoms with Gasteiger partial charge in [-0.2, -0.15) is 0 Å². The molecule has 1 N–H and O–H groups in total. The fourth-order valence-corrected chi connectivity index (χ4v) is 3.10. The van der Waals surface area contributed by atoms with E-state index in [1.807, 2.05) is 25.1 Å². The minimum atomic E-state index is -0.473. The van der Waals surface area contributed by atoms with Crippen molar-refractivity contribution in [2.24, 2.45) is 5.92 Å². The van der Waals surface area contributed by atoms with Gasteiger partial charge in [-0.1, -0.05) is 24.3 Å². The molecule has 1 atom stereocenters. The highest BCUT2D eigenvalue weighted by Gasteiger charge is 2.36. The third-order valence-electron chi connectivity index (χ3n) is 4.53. The summed E-state index contributed by atoms with van der Waals surface area (Å²) in [5.41, 5.74) is 2.09. The number of methoxy groups -OCH3 is 1. The first kappa shape index (κ1) is 17.9. The summed E-state index contributed by atoms with van der Waals surface area (Å²) in [6.07, 6.45) is 0.125. The second-order valence-electron chi connectivity index (χ2n) is 6.39. The maximum absolute atomic E-state index is 13.7. The van der Waals surface area contributed by atoms with Gasteiger partial charge in [0.15, 0.2) is 0 Å². The molecule has 1 heterocycles. The fourth-order valence-electron chi connectivity index (χ4n) is 3.10. The molecule has 26 heavy (non-hydrogen) atoms. The van der Waals surface area contributed by atoms with E-state index in [1.54, 1.807) is 30.2 Å². The van der Waals surface area contributed by atoms with Crippen molar-refractivity contribution in [3.05, 3.63) is 59.4 Å². The average Bonchev–Trinajstić information content (AvgIpc) is 3.02. The molecular formula is C20H21FN2O3. The zero-order valence-corrected chi connectivity index (χ0v) is 14.8. The number of carbonyl (C=O) groups excluding carboxylic acids is 2.